The fourth-order valence-corrected chi connectivity index (χ4v) is 3.85. The van der Waals surface area contributed by atoms with Crippen molar-refractivity contribution in [1.82, 2.24) is 9.88 Å². The molecule has 24 heavy (non-hydrogen) atoms. The van der Waals surface area contributed by atoms with E-state index in [4.69, 9.17) is 10.5 Å². The van der Waals surface area contributed by atoms with Gasteiger partial charge >= 0.3 is 0 Å². The lowest BCUT2D eigenvalue weighted by atomic mass is 10.00. The van der Waals surface area contributed by atoms with Crippen LogP contribution in [-0.2, 0) is 20.7 Å². The second kappa shape index (κ2) is 8.04. The number of nitrogens with two attached hydrogens (primary N) is 1. The highest BCUT2D eigenvalue weighted by Gasteiger charge is 2.34. The minimum atomic E-state index is -0.436. The molecule has 0 bridgehead atoms. The summed E-state index contributed by atoms with van der Waals surface area (Å²) in [6.45, 7) is 9.57. The summed E-state index contributed by atoms with van der Waals surface area (Å²) in [4.78, 5) is 30.2. The first-order valence-corrected chi connectivity index (χ1v) is 9.07. The third kappa shape index (κ3) is 4.99. The molecule has 3 atom stereocenters. The molecule has 2 heterocycles. The lowest BCUT2D eigenvalue weighted by Crippen LogP contribution is -2.55. The Kier molecular flexibility index (Phi) is 6.31. The number of carbonyl (C=O) groups excluding carboxylic acids is 2. The topological polar surface area (TPSA) is 97.6 Å². The largest absolute Gasteiger partial charge is 0.373 e. The van der Waals surface area contributed by atoms with Crippen molar-refractivity contribution in [3.63, 3.8) is 0 Å². The van der Waals surface area contributed by atoms with Crippen LogP contribution in [0.2, 0.25) is 0 Å². The molecule has 2 amide bonds. The maximum atomic E-state index is 12.8. The first-order valence-electron chi connectivity index (χ1n) is 8.19. The zero-order valence-electron chi connectivity index (χ0n) is 14.6. The van der Waals surface area contributed by atoms with Gasteiger partial charge < -0.3 is 15.8 Å². The third-order valence-electron chi connectivity index (χ3n) is 3.88. The maximum Gasteiger partial charge on any atom is 0.243 e. The van der Waals surface area contributed by atoms with Gasteiger partial charge in [0.15, 0.2) is 5.13 Å². The molecule has 2 rings (SSSR count). The maximum absolute atomic E-state index is 12.8. The van der Waals surface area contributed by atoms with Crippen LogP contribution >= 0.6 is 11.3 Å². The highest BCUT2D eigenvalue weighted by molar-refractivity contribution is 7.13. The van der Waals surface area contributed by atoms with Crippen LogP contribution in [0.15, 0.2) is 5.38 Å². The number of thiazole rings is 1. The highest BCUT2D eigenvalue weighted by atomic mass is 32.1. The number of primary amides is 1. The fourth-order valence-electron chi connectivity index (χ4n) is 3.14. The number of morpholine rings is 1. The van der Waals surface area contributed by atoms with E-state index in [-0.39, 0.29) is 36.5 Å². The number of hydrogen-bond acceptors (Lipinski definition) is 6. The van der Waals surface area contributed by atoms with Crippen molar-refractivity contribution in [3.8, 4) is 0 Å². The summed E-state index contributed by atoms with van der Waals surface area (Å²) >= 11 is 1.30. The van der Waals surface area contributed by atoms with Gasteiger partial charge in [-0.2, -0.15) is 0 Å². The minimum Gasteiger partial charge on any atom is -0.373 e. The van der Waals surface area contributed by atoms with Crippen LogP contribution in [-0.4, -0.2) is 53.0 Å². The van der Waals surface area contributed by atoms with E-state index in [2.05, 4.69) is 15.2 Å². The van der Waals surface area contributed by atoms with Crippen molar-refractivity contribution in [2.45, 2.75) is 52.4 Å². The SMILES string of the molecule is CC(C)[C@@H](C(=O)Nc1nc(CC(N)=O)cs1)N1C[C@@H](C)O[C@H](C)C1. The lowest BCUT2D eigenvalue weighted by molar-refractivity contribution is -0.130. The molecule has 0 unspecified atom stereocenters. The van der Waals surface area contributed by atoms with Crippen LogP contribution in [0.4, 0.5) is 5.13 Å². The minimum absolute atomic E-state index is 0.0775. The van der Waals surface area contributed by atoms with Gasteiger partial charge in [-0.25, -0.2) is 4.98 Å². The summed E-state index contributed by atoms with van der Waals surface area (Å²) < 4.78 is 5.76. The van der Waals surface area contributed by atoms with E-state index >= 15 is 0 Å². The molecule has 0 radical (unpaired) electrons. The van der Waals surface area contributed by atoms with Crippen molar-refractivity contribution in [2.75, 3.05) is 18.4 Å². The van der Waals surface area contributed by atoms with Gasteiger partial charge in [0.25, 0.3) is 0 Å². The van der Waals surface area contributed by atoms with Gasteiger partial charge in [-0.3, -0.25) is 14.5 Å². The zero-order valence-corrected chi connectivity index (χ0v) is 15.4. The number of amides is 2. The summed E-state index contributed by atoms with van der Waals surface area (Å²) in [5.41, 5.74) is 5.75. The molecular formula is C16H26N4O3S. The molecule has 8 heteroatoms. The normalized spacial score (nSPS) is 23.2. The van der Waals surface area contributed by atoms with Crippen LogP contribution in [0.25, 0.3) is 0 Å². The highest BCUT2D eigenvalue weighted by Crippen LogP contribution is 2.21. The third-order valence-corrected chi connectivity index (χ3v) is 4.69. The van der Waals surface area contributed by atoms with E-state index in [0.717, 1.165) is 13.1 Å². The molecule has 1 aliphatic heterocycles. The molecule has 7 nitrogen and oxygen atoms in total. The van der Waals surface area contributed by atoms with E-state index in [1.54, 1.807) is 5.38 Å². The predicted octanol–water partition coefficient (Wildman–Crippen LogP) is 1.24. The number of rotatable bonds is 6. The Morgan fingerprint density at radius 1 is 1.42 bits per heavy atom. The van der Waals surface area contributed by atoms with Crippen molar-refractivity contribution < 1.29 is 14.3 Å². The van der Waals surface area contributed by atoms with E-state index in [0.29, 0.717) is 10.8 Å². The molecule has 1 aromatic heterocycles. The number of anilines is 1. The number of carbonyl (C=O) groups is 2. The van der Waals surface area contributed by atoms with E-state index in [9.17, 15) is 9.59 Å². The molecule has 0 aliphatic carbocycles. The quantitative estimate of drug-likeness (QED) is 0.801. The zero-order chi connectivity index (χ0) is 17.9. The first kappa shape index (κ1) is 18.8. The van der Waals surface area contributed by atoms with Crippen LogP contribution in [0.1, 0.15) is 33.4 Å². The monoisotopic (exact) mass is 354 g/mol. The van der Waals surface area contributed by atoms with Gasteiger partial charge in [-0.05, 0) is 19.8 Å². The molecular weight excluding hydrogens is 328 g/mol. The average molecular weight is 354 g/mol. The Morgan fingerprint density at radius 3 is 2.58 bits per heavy atom. The van der Waals surface area contributed by atoms with E-state index in [1.807, 2.05) is 27.7 Å². The number of ether oxygens (including phenoxy) is 1. The second-order valence-electron chi connectivity index (χ2n) is 6.68. The van der Waals surface area contributed by atoms with Crippen molar-refractivity contribution in [2.24, 2.45) is 11.7 Å². The average Bonchev–Trinajstić information content (AvgIpc) is 2.83. The molecule has 1 saturated heterocycles. The summed E-state index contributed by atoms with van der Waals surface area (Å²) in [6, 6.07) is -0.248. The first-order chi connectivity index (χ1) is 11.3. The molecule has 3 N–H and O–H groups in total. The van der Waals surface area contributed by atoms with Crippen LogP contribution in [0.3, 0.4) is 0 Å². The van der Waals surface area contributed by atoms with E-state index < -0.39 is 5.91 Å². The molecule has 1 fully saturated rings. The van der Waals surface area contributed by atoms with Crippen molar-refractivity contribution in [3.05, 3.63) is 11.1 Å². The van der Waals surface area contributed by atoms with Crippen molar-refractivity contribution in [1.29, 1.82) is 0 Å². The summed E-state index contributed by atoms with van der Waals surface area (Å²) in [6.07, 6.45) is 0.285. The Balaban J connectivity index is 2.06. The van der Waals surface area contributed by atoms with Gasteiger partial charge in [0.2, 0.25) is 11.8 Å². The Morgan fingerprint density at radius 2 is 2.04 bits per heavy atom. The van der Waals surface area contributed by atoms with E-state index in [1.165, 1.54) is 11.3 Å². The summed E-state index contributed by atoms with van der Waals surface area (Å²) in [7, 11) is 0. The van der Waals surface area contributed by atoms with Gasteiger partial charge in [0.1, 0.15) is 0 Å². The molecule has 0 saturated carbocycles. The van der Waals surface area contributed by atoms with Gasteiger partial charge in [-0.1, -0.05) is 13.8 Å². The number of aromatic nitrogens is 1. The van der Waals surface area contributed by atoms with Gasteiger partial charge in [0, 0.05) is 18.5 Å². The molecule has 134 valence electrons. The standard InChI is InChI=1S/C16H26N4O3S/c1-9(2)14(20-6-10(3)23-11(4)7-20)15(22)19-16-18-12(8-24-16)5-13(17)21/h8-11,14H,5-7H2,1-4H3,(H2,17,21)(H,18,19,22)/t10-,11-,14+/m1/s1. The summed E-state index contributed by atoms with van der Waals surface area (Å²) in [5.74, 6) is -0.353. The Hall–Kier alpha value is -1.51. The predicted molar refractivity (Wildman–Crippen MR) is 93.9 cm³/mol. The number of hydrogen-bond donors (Lipinski definition) is 2. The summed E-state index contributed by atoms with van der Waals surface area (Å²) in [5, 5.41) is 5.11. The van der Waals surface area contributed by atoms with Gasteiger partial charge in [-0.15, -0.1) is 11.3 Å². The smallest absolute Gasteiger partial charge is 0.243 e. The van der Waals surface area contributed by atoms with Crippen molar-refractivity contribution >= 4 is 28.3 Å². The Bertz CT molecular complexity index is 580. The molecule has 1 aromatic rings. The lowest BCUT2D eigenvalue weighted by Gasteiger charge is -2.40. The number of nitrogens with one attached hydrogen (secondary N) is 1. The van der Waals surface area contributed by atoms with Crippen LogP contribution in [0, 0.1) is 5.92 Å². The molecule has 0 spiro atoms. The van der Waals surface area contributed by atoms with Crippen LogP contribution < -0.4 is 11.1 Å². The number of nitrogens with zero attached hydrogens (tertiary/aromatic N) is 2. The van der Waals surface area contributed by atoms with Crippen LogP contribution in [0.5, 0.6) is 0 Å². The second-order valence-corrected chi connectivity index (χ2v) is 7.53. The fraction of sp³-hybridized carbons (Fsp3) is 0.688. The van der Waals surface area contributed by atoms with Gasteiger partial charge in [0.05, 0.1) is 30.4 Å². The molecule has 1 aliphatic rings. The Labute approximate surface area is 146 Å². The molecule has 0 aromatic carbocycles.